The molecule has 2 unspecified atom stereocenters. The van der Waals surface area contributed by atoms with Gasteiger partial charge in [0, 0.05) is 11.5 Å². The molecule has 0 radical (unpaired) electrons. The van der Waals surface area contributed by atoms with Crippen molar-refractivity contribution in [1.82, 2.24) is 0 Å². The zero-order chi connectivity index (χ0) is 19.1. The lowest BCUT2D eigenvalue weighted by atomic mass is 9.95. The lowest BCUT2D eigenvalue weighted by Gasteiger charge is -2.08. The summed E-state index contributed by atoms with van der Waals surface area (Å²) in [6, 6.07) is 2.10. The Hall–Kier alpha value is -1.23. The highest BCUT2D eigenvalue weighted by Crippen LogP contribution is 2.42. The van der Waals surface area contributed by atoms with Gasteiger partial charge in [0.2, 0.25) is 5.24 Å². The summed E-state index contributed by atoms with van der Waals surface area (Å²) in [5.74, 6) is 0.973. The first-order valence-corrected chi connectivity index (χ1v) is 10.3. The van der Waals surface area contributed by atoms with Crippen LogP contribution in [0.4, 0.5) is 0 Å². The third kappa shape index (κ3) is 5.91. The minimum Gasteiger partial charge on any atom is -0.293 e. The summed E-state index contributed by atoms with van der Waals surface area (Å²) in [6.45, 7) is 11.8. The average molecular weight is 397 g/mol. The Balaban J connectivity index is 0.000000206. The van der Waals surface area contributed by atoms with Crippen molar-refractivity contribution in [3.05, 3.63) is 55.4 Å². The zero-order valence-electron chi connectivity index (χ0n) is 15.6. The standard InChI is InChI=1S/C10H12OS.C5H7ClO.C5H6S/c1-5-4-12-10-8(5)6(2)7(3)9(10)11;1-3-4(2)5(6)7;1-5-2-3-6-4-5/h4,6-7H,1-3H3;3H,1-2H3;2-4H,1H3/b;4-3+;. The topological polar surface area (TPSA) is 34.1 Å². The van der Waals surface area contributed by atoms with Gasteiger partial charge in [0.1, 0.15) is 0 Å². The lowest BCUT2D eigenvalue weighted by Crippen LogP contribution is -2.06. The molecule has 2 nitrogen and oxygen atoms in total. The van der Waals surface area contributed by atoms with Crippen molar-refractivity contribution in [2.45, 2.75) is 47.5 Å². The van der Waals surface area contributed by atoms with Gasteiger partial charge in [-0.25, -0.2) is 0 Å². The number of allylic oxidation sites excluding steroid dienone is 2. The van der Waals surface area contributed by atoms with Crippen molar-refractivity contribution >= 4 is 45.3 Å². The van der Waals surface area contributed by atoms with Gasteiger partial charge in [-0.1, -0.05) is 19.9 Å². The molecule has 3 rings (SSSR count). The second-order valence-corrected chi connectivity index (χ2v) is 8.15. The molecule has 0 bridgehead atoms. The Kier molecular flexibility index (Phi) is 8.77. The molecule has 5 heteroatoms. The Labute approximate surface area is 163 Å². The normalized spacial score (nSPS) is 18.7. The molecule has 136 valence electrons. The van der Waals surface area contributed by atoms with E-state index in [1.165, 1.54) is 16.7 Å². The molecular weight excluding hydrogens is 372 g/mol. The molecule has 2 aromatic rings. The fourth-order valence-electron chi connectivity index (χ4n) is 2.34. The number of rotatable bonds is 1. The van der Waals surface area contributed by atoms with Crippen molar-refractivity contribution < 1.29 is 9.59 Å². The molecule has 25 heavy (non-hydrogen) atoms. The molecule has 2 atom stereocenters. The number of aryl methyl sites for hydroxylation is 2. The highest BCUT2D eigenvalue weighted by atomic mass is 35.5. The summed E-state index contributed by atoms with van der Waals surface area (Å²) in [5, 5.41) is 5.92. The molecule has 0 amide bonds. The molecule has 1 aliphatic carbocycles. The van der Waals surface area contributed by atoms with Gasteiger partial charge in [-0.15, -0.1) is 11.3 Å². The number of carbonyl (C=O) groups is 2. The lowest BCUT2D eigenvalue weighted by molar-refractivity contribution is -0.108. The molecule has 2 heterocycles. The van der Waals surface area contributed by atoms with Gasteiger partial charge in [0.25, 0.3) is 0 Å². The fourth-order valence-corrected chi connectivity index (χ4v) is 4.31. The number of thiophene rings is 2. The van der Waals surface area contributed by atoms with E-state index in [4.69, 9.17) is 11.6 Å². The van der Waals surface area contributed by atoms with Crippen LogP contribution in [0.5, 0.6) is 0 Å². The molecule has 2 aromatic heterocycles. The van der Waals surface area contributed by atoms with Crippen LogP contribution >= 0.6 is 34.3 Å². The largest absolute Gasteiger partial charge is 0.293 e. The monoisotopic (exact) mass is 396 g/mol. The SMILES string of the molecule is C/C=C(\C)C(=O)Cl.Cc1ccsc1.Cc1csc2c1C(C)C(C)C2=O. The van der Waals surface area contributed by atoms with Gasteiger partial charge in [-0.05, 0) is 84.1 Å². The molecule has 0 fully saturated rings. The molecule has 0 saturated carbocycles. The third-order valence-electron chi connectivity index (χ3n) is 4.27. The molecule has 1 aliphatic rings. The average Bonchev–Trinajstić information content (AvgIpc) is 3.26. The van der Waals surface area contributed by atoms with Crippen LogP contribution in [-0.4, -0.2) is 11.0 Å². The van der Waals surface area contributed by atoms with Crippen molar-refractivity contribution in [2.75, 3.05) is 0 Å². The van der Waals surface area contributed by atoms with Crippen molar-refractivity contribution in [3.63, 3.8) is 0 Å². The Morgan fingerprint density at radius 1 is 1.20 bits per heavy atom. The van der Waals surface area contributed by atoms with E-state index in [1.807, 2.05) is 6.92 Å². The van der Waals surface area contributed by atoms with E-state index in [0.717, 1.165) is 4.88 Å². The van der Waals surface area contributed by atoms with Gasteiger partial charge >= 0.3 is 0 Å². The van der Waals surface area contributed by atoms with E-state index >= 15 is 0 Å². The summed E-state index contributed by atoms with van der Waals surface area (Å²) in [6.07, 6.45) is 1.68. The van der Waals surface area contributed by atoms with Gasteiger partial charge in [-0.3, -0.25) is 9.59 Å². The van der Waals surface area contributed by atoms with Gasteiger partial charge in [-0.2, -0.15) is 11.3 Å². The van der Waals surface area contributed by atoms with Gasteiger partial charge in [0.15, 0.2) is 5.78 Å². The summed E-state index contributed by atoms with van der Waals surface area (Å²) in [7, 11) is 0. The van der Waals surface area contributed by atoms with Crippen LogP contribution in [-0.2, 0) is 4.79 Å². The molecule has 0 spiro atoms. The second-order valence-electron chi connectivity index (χ2n) is 6.15. The fraction of sp³-hybridized carbons (Fsp3) is 0.400. The van der Waals surface area contributed by atoms with Crippen LogP contribution in [0.25, 0.3) is 0 Å². The minimum atomic E-state index is -0.373. The van der Waals surface area contributed by atoms with Crippen LogP contribution in [0, 0.1) is 19.8 Å². The maximum absolute atomic E-state index is 11.6. The number of hydrogen-bond acceptors (Lipinski definition) is 4. The van der Waals surface area contributed by atoms with Gasteiger partial charge < -0.3 is 0 Å². The van der Waals surface area contributed by atoms with Crippen LogP contribution in [0.3, 0.4) is 0 Å². The van der Waals surface area contributed by atoms with Crippen LogP contribution in [0.1, 0.15) is 60.0 Å². The van der Waals surface area contributed by atoms with Crippen molar-refractivity contribution in [3.8, 4) is 0 Å². The Bertz CT molecular complexity index is 742. The Morgan fingerprint density at radius 2 is 1.84 bits per heavy atom. The maximum atomic E-state index is 11.6. The number of fused-ring (bicyclic) bond motifs is 1. The number of halogens is 1. The van der Waals surface area contributed by atoms with Crippen molar-refractivity contribution in [2.24, 2.45) is 5.92 Å². The molecular formula is C20H25ClO2S2. The van der Waals surface area contributed by atoms with Gasteiger partial charge in [0.05, 0.1) is 4.88 Å². The quantitative estimate of drug-likeness (QED) is 0.393. The first kappa shape index (κ1) is 21.8. The van der Waals surface area contributed by atoms with E-state index in [9.17, 15) is 9.59 Å². The smallest absolute Gasteiger partial charge is 0.247 e. The number of Topliss-reactive ketones (excluding diaryl/α,β-unsaturated/α-hetero) is 1. The summed E-state index contributed by atoms with van der Waals surface area (Å²) in [4.78, 5) is 22.7. The highest BCUT2D eigenvalue weighted by molar-refractivity contribution is 7.12. The number of ketones is 1. The predicted octanol–water partition coefficient (Wildman–Crippen LogP) is 6.77. The van der Waals surface area contributed by atoms with E-state index in [0.29, 0.717) is 17.3 Å². The van der Waals surface area contributed by atoms with E-state index < -0.39 is 0 Å². The first-order chi connectivity index (χ1) is 11.7. The van der Waals surface area contributed by atoms with Crippen LogP contribution in [0.2, 0.25) is 0 Å². The van der Waals surface area contributed by atoms with E-state index in [2.05, 4.69) is 43.0 Å². The predicted molar refractivity (Wildman–Crippen MR) is 110 cm³/mol. The number of carbonyl (C=O) groups excluding carboxylic acids is 2. The zero-order valence-corrected chi connectivity index (χ0v) is 17.9. The summed E-state index contributed by atoms with van der Waals surface area (Å²) < 4.78 is 0. The van der Waals surface area contributed by atoms with Crippen LogP contribution in [0.15, 0.2) is 33.9 Å². The third-order valence-corrected chi connectivity index (χ3v) is 6.50. The first-order valence-electron chi connectivity index (χ1n) is 8.14. The molecule has 0 saturated heterocycles. The van der Waals surface area contributed by atoms with Crippen LogP contribution < -0.4 is 0 Å². The van der Waals surface area contributed by atoms with E-state index in [1.54, 1.807) is 42.6 Å². The summed E-state index contributed by atoms with van der Waals surface area (Å²) >= 11 is 8.37. The summed E-state index contributed by atoms with van der Waals surface area (Å²) in [5.41, 5.74) is 4.55. The second kappa shape index (κ2) is 10.0. The highest BCUT2D eigenvalue weighted by Gasteiger charge is 2.36. The molecule has 0 aliphatic heterocycles. The van der Waals surface area contributed by atoms with Crippen molar-refractivity contribution in [1.29, 1.82) is 0 Å². The number of hydrogen-bond donors (Lipinski definition) is 0. The molecule has 0 aromatic carbocycles. The molecule has 0 N–H and O–H groups in total. The maximum Gasteiger partial charge on any atom is 0.247 e. The Morgan fingerprint density at radius 3 is 2.16 bits per heavy atom. The van der Waals surface area contributed by atoms with E-state index in [-0.39, 0.29) is 11.2 Å². The minimum absolute atomic E-state index is 0.200.